The number of hydrogen-bond acceptors (Lipinski definition) is 7. The lowest BCUT2D eigenvalue weighted by Crippen LogP contribution is -2.61. The van der Waals surface area contributed by atoms with Crippen LogP contribution in [-0.2, 0) is 35.7 Å². The van der Waals surface area contributed by atoms with Gasteiger partial charge in [0.25, 0.3) is 5.91 Å². The largest absolute Gasteiger partial charge is 0.346 e. The van der Waals surface area contributed by atoms with Crippen LogP contribution in [0.3, 0.4) is 0 Å². The van der Waals surface area contributed by atoms with Crippen LogP contribution >= 0.6 is 0 Å². The summed E-state index contributed by atoms with van der Waals surface area (Å²) in [5.74, 6) is -2.44. The van der Waals surface area contributed by atoms with Crippen molar-refractivity contribution in [1.82, 2.24) is 30.5 Å². The molecular weight excluding hydrogens is 673 g/mol. The van der Waals surface area contributed by atoms with E-state index in [9.17, 15) is 32.4 Å². The molecular formula is C37H56N6O7S. The molecule has 5 amide bonds. The first-order chi connectivity index (χ1) is 24.2. The molecule has 2 fully saturated rings. The Bertz CT molecular complexity index is 1550. The number of urea groups is 1. The first-order valence-electron chi connectivity index (χ1n) is 18.4. The number of ketones is 1. The van der Waals surface area contributed by atoms with Crippen molar-refractivity contribution in [1.29, 1.82) is 0 Å². The fourth-order valence-electron chi connectivity index (χ4n) is 7.35. The number of benzene rings is 1. The normalized spacial score (nSPS) is 20.8. The lowest BCUT2D eigenvalue weighted by atomic mass is 9.83. The highest BCUT2D eigenvalue weighted by Gasteiger charge is 2.44. The molecule has 14 heteroatoms. The molecule has 4 N–H and O–H groups in total. The minimum atomic E-state index is -3.71. The summed E-state index contributed by atoms with van der Waals surface area (Å²) in [5, 5.41) is 11.2. The van der Waals surface area contributed by atoms with E-state index in [2.05, 4.69) is 27.8 Å². The van der Waals surface area contributed by atoms with E-state index < -0.39 is 69.1 Å². The molecule has 4 atom stereocenters. The van der Waals surface area contributed by atoms with Crippen molar-refractivity contribution in [3.05, 3.63) is 42.5 Å². The zero-order chi connectivity index (χ0) is 37.3. The monoisotopic (exact) mass is 728 g/mol. The quantitative estimate of drug-likeness (QED) is 0.158. The van der Waals surface area contributed by atoms with Crippen LogP contribution in [-0.4, -0.2) is 91.0 Å². The molecule has 0 aromatic heterocycles. The van der Waals surface area contributed by atoms with Crippen molar-refractivity contribution >= 4 is 39.6 Å². The second-order valence-electron chi connectivity index (χ2n) is 15.1. The number of nitrogens with zero attached hydrogens (tertiary/aromatic N) is 2. The number of nitrogens with one attached hydrogen (secondary N) is 4. The molecule has 2 heterocycles. The van der Waals surface area contributed by atoms with Crippen LogP contribution in [0.25, 0.3) is 0 Å². The molecule has 282 valence electrons. The van der Waals surface area contributed by atoms with Crippen LogP contribution in [0.1, 0.15) is 97.5 Å². The molecule has 1 saturated heterocycles. The van der Waals surface area contributed by atoms with Gasteiger partial charge in [0.05, 0.1) is 10.9 Å². The molecule has 13 nitrogen and oxygen atoms in total. The number of carbonyl (C=O) groups is 5. The van der Waals surface area contributed by atoms with E-state index >= 15 is 0 Å². The molecule has 1 aromatic rings. The van der Waals surface area contributed by atoms with Gasteiger partial charge in [-0.2, -0.15) is 4.31 Å². The average Bonchev–Trinajstić information content (AvgIpc) is 3.69. The maximum Gasteiger partial charge on any atom is 0.315 e. The van der Waals surface area contributed by atoms with E-state index in [1.807, 2.05) is 33.8 Å². The van der Waals surface area contributed by atoms with Crippen molar-refractivity contribution in [2.24, 2.45) is 11.3 Å². The van der Waals surface area contributed by atoms with Gasteiger partial charge in [0.2, 0.25) is 27.6 Å². The number of amides is 5. The summed E-state index contributed by atoms with van der Waals surface area (Å²) < 4.78 is 28.3. The maximum absolute atomic E-state index is 14.2. The highest BCUT2D eigenvalue weighted by Crippen LogP contribution is 2.33. The molecule has 0 spiro atoms. The second-order valence-corrected chi connectivity index (χ2v) is 17.0. The summed E-state index contributed by atoms with van der Waals surface area (Å²) in [6, 6.07) is 2.95. The highest BCUT2D eigenvalue weighted by molar-refractivity contribution is 7.89. The van der Waals surface area contributed by atoms with Gasteiger partial charge in [-0.15, -0.1) is 6.58 Å². The predicted molar refractivity (Wildman–Crippen MR) is 194 cm³/mol. The summed E-state index contributed by atoms with van der Waals surface area (Å²) in [4.78, 5) is 68.8. The smallest absolute Gasteiger partial charge is 0.315 e. The topological polar surface area (TPSA) is 174 Å². The van der Waals surface area contributed by atoms with Crippen LogP contribution in [0.15, 0.2) is 41.8 Å². The highest BCUT2D eigenvalue weighted by atomic mass is 32.2. The Kier molecular flexibility index (Phi) is 13.8. The van der Waals surface area contributed by atoms with Gasteiger partial charge in [-0.1, -0.05) is 84.1 Å². The number of rotatable bonds is 15. The third-order valence-electron chi connectivity index (χ3n) is 10.2. The van der Waals surface area contributed by atoms with E-state index in [-0.39, 0.29) is 43.4 Å². The number of unbranched alkanes of at least 4 members (excludes halogenated alkanes) is 1. The molecule has 1 unspecified atom stereocenters. The van der Waals surface area contributed by atoms with Crippen molar-refractivity contribution < 1.29 is 32.4 Å². The Morgan fingerprint density at radius 2 is 1.69 bits per heavy atom. The molecule has 0 bridgehead atoms. The number of Topliss-reactive ketones (excluding diaryl/α,β-unsaturated/α-hetero) is 1. The van der Waals surface area contributed by atoms with Crippen LogP contribution in [0.5, 0.6) is 0 Å². The molecule has 51 heavy (non-hydrogen) atoms. The number of hydrogen-bond donors (Lipinski definition) is 4. The standard InChI is InChI=1S/C37H56N6O7S/c1-6-8-18-27(31(44)34(46)38-21-7-2)39-33(45)29-19-14-22-43(29)35(47)32(37(3,4)5)41-36(48)40-28(25-15-10-9-11-16-25)24-42-23-26-17-12-13-20-30(26)51(42,49)50/h7,12-13,17,20,25,27-29,32H,2,6,8-11,14-16,18-19,21-24H2,1,3-5H3,(H,38,46)(H,39,45)(H2,40,41,48)/t27?,28-,29+,32-/m1/s1. The Labute approximate surface area is 302 Å². The van der Waals surface area contributed by atoms with E-state index in [0.29, 0.717) is 19.3 Å². The molecule has 2 aliphatic heterocycles. The molecule has 4 rings (SSSR count). The lowest BCUT2D eigenvalue weighted by Gasteiger charge is -2.37. The molecule has 0 radical (unpaired) electrons. The predicted octanol–water partition coefficient (Wildman–Crippen LogP) is 3.39. The SMILES string of the molecule is C=CCNC(=O)C(=O)C(CCCC)NC(=O)[C@@H]1CCCN1C(=O)[C@@H](NC(=O)N[C@H](CN1Cc2ccccc2S1(=O)=O)C1CCCCC1)C(C)(C)C. The summed E-state index contributed by atoms with van der Waals surface area (Å²) in [6.45, 7) is 11.7. The van der Waals surface area contributed by atoms with E-state index in [1.165, 1.54) is 15.3 Å². The third-order valence-corrected chi connectivity index (χ3v) is 12.1. The van der Waals surface area contributed by atoms with Crippen molar-refractivity contribution in [2.75, 3.05) is 19.6 Å². The zero-order valence-corrected chi connectivity index (χ0v) is 31.4. The van der Waals surface area contributed by atoms with Crippen molar-refractivity contribution in [3.8, 4) is 0 Å². The van der Waals surface area contributed by atoms with Gasteiger partial charge < -0.3 is 26.2 Å². The van der Waals surface area contributed by atoms with Gasteiger partial charge in [-0.3, -0.25) is 19.2 Å². The summed E-state index contributed by atoms with van der Waals surface area (Å²) in [5.41, 5.74) is -0.0229. The van der Waals surface area contributed by atoms with Gasteiger partial charge in [-0.25, -0.2) is 13.2 Å². The van der Waals surface area contributed by atoms with Crippen LogP contribution in [0, 0.1) is 11.3 Å². The maximum atomic E-state index is 14.2. The van der Waals surface area contributed by atoms with E-state index in [0.717, 1.165) is 44.1 Å². The van der Waals surface area contributed by atoms with Gasteiger partial charge >= 0.3 is 6.03 Å². The summed E-state index contributed by atoms with van der Waals surface area (Å²) in [7, 11) is -3.71. The van der Waals surface area contributed by atoms with Gasteiger partial charge in [0, 0.05) is 32.2 Å². The fourth-order valence-corrected chi connectivity index (χ4v) is 9.00. The number of fused-ring (bicyclic) bond motifs is 1. The van der Waals surface area contributed by atoms with Crippen LogP contribution in [0.2, 0.25) is 0 Å². The Balaban J connectivity index is 1.48. The average molecular weight is 729 g/mol. The summed E-state index contributed by atoms with van der Waals surface area (Å²) >= 11 is 0. The van der Waals surface area contributed by atoms with Crippen LogP contribution < -0.4 is 21.3 Å². The Morgan fingerprint density at radius 1 is 0.980 bits per heavy atom. The third kappa shape index (κ3) is 9.97. The van der Waals surface area contributed by atoms with E-state index in [1.54, 1.807) is 18.2 Å². The van der Waals surface area contributed by atoms with Crippen molar-refractivity contribution in [2.45, 2.75) is 128 Å². The Morgan fingerprint density at radius 3 is 2.33 bits per heavy atom. The molecule has 3 aliphatic rings. The number of likely N-dealkylation sites (tertiary alicyclic amines) is 1. The first kappa shape index (κ1) is 40.0. The number of sulfonamides is 1. The van der Waals surface area contributed by atoms with Crippen molar-refractivity contribution in [3.63, 3.8) is 0 Å². The second kappa shape index (κ2) is 17.6. The van der Waals surface area contributed by atoms with Gasteiger partial charge in [-0.05, 0) is 55.1 Å². The van der Waals surface area contributed by atoms with Gasteiger partial charge in [0.1, 0.15) is 12.1 Å². The van der Waals surface area contributed by atoms with Crippen LogP contribution in [0.4, 0.5) is 4.79 Å². The molecule has 1 aromatic carbocycles. The minimum Gasteiger partial charge on any atom is -0.346 e. The van der Waals surface area contributed by atoms with E-state index in [4.69, 9.17) is 0 Å². The first-order valence-corrected chi connectivity index (χ1v) is 19.8. The fraction of sp³-hybridized carbons (Fsp3) is 0.649. The molecule has 1 saturated carbocycles. The lowest BCUT2D eigenvalue weighted by molar-refractivity contribution is -0.143. The minimum absolute atomic E-state index is 0.0704. The number of carbonyl (C=O) groups excluding carboxylic acids is 5. The van der Waals surface area contributed by atoms with Gasteiger partial charge in [0.15, 0.2) is 0 Å². The Hall–Kier alpha value is -3.78. The molecule has 1 aliphatic carbocycles. The summed E-state index contributed by atoms with van der Waals surface area (Å²) in [6.07, 6.45) is 8.81. The zero-order valence-electron chi connectivity index (χ0n) is 30.5.